The molecule has 3 heteroatoms. The van der Waals surface area contributed by atoms with E-state index in [1.165, 1.54) is 11.1 Å². The van der Waals surface area contributed by atoms with Crippen LogP contribution in [0.15, 0.2) is 24.3 Å². The van der Waals surface area contributed by atoms with Gasteiger partial charge in [0, 0.05) is 19.1 Å². The third kappa shape index (κ3) is 4.77. The molecule has 0 aliphatic heterocycles. The Kier molecular flexibility index (Phi) is 5.32. The lowest BCUT2D eigenvalue weighted by Gasteiger charge is -2.27. The van der Waals surface area contributed by atoms with Crippen molar-refractivity contribution >= 4 is 0 Å². The van der Waals surface area contributed by atoms with Gasteiger partial charge in [-0.15, -0.1) is 0 Å². The van der Waals surface area contributed by atoms with Crippen LogP contribution in [-0.4, -0.2) is 35.7 Å². The molecule has 0 saturated heterocycles. The van der Waals surface area contributed by atoms with Crippen molar-refractivity contribution in [3.8, 4) is 0 Å². The van der Waals surface area contributed by atoms with Gasteiger partial charge in [0.2, 0.25) is 0 Å². The minimum atomic E-state index is -0.698. The number of benzene rings is 1. The fourth-order valence-corrected chi connectivity index (χ4v) is 1.74. The molecule has 1 rings (SSSR count). The van der Waals surface area contributed by atoms with Gasteiger partial charge in [-0.1, -0.05) is 24.3 Å². The van der Waals surface area contributed by atoms with E-state index in [1.807, 2.05) is 20.8 Å². The van der Waals surface area contributed by atoms with Crippen molar-refractivity contribution in [2.24, 2.45) is 0 Å². The van der Waals surface area contributed by atoms with Gasteiger partial charge in [0.25, 0.3) is 0 Å². The first kappa shape index (κ1) is 15.2. The molecule has 0 bridgehead atoms. The molecule has 1 aromatic rings. The molecule has 0 aliphatic rings. The average Bonchev–Trinajstić information content (AvgIpc) is 2.25. The average molecular weight is 250 g/mol. The highest BCUT2D eigenvalue weighted by molar-refractivity contribution is 5.27. The highest BCUT2D eigenvalue weighted by Gasteiger charge is 2.21. The third-order valence-electron chi connectivity index (χ3n) is 3.26. The number of nitrogens with zero attached hydrogens (tertiary/aromatic N) is 1. The van der Waals surface area contributed by atoms with Crippen LogP contribution in [-0.2, 0) is 13.1 Å². The third-order valence-corrected chi connectivity index (χ3v) is 3.26. The van der Waals surface area contributed by atoms with Gasteiger partial charge >= 0.3 is 0 Å². The summed E-state index contributed by atoms with van der Waals surface area (Å²) in [4.78, 5) is 2.16. The van der Waals surface area contributed by atoms with Crippen LogP contribution in [0.25, 0.3) is 0 Å². The summed E-state index contributed by atoms with van der Waals surface area (Å²) in [6, 6.07) is 8.49. The second kappa shape index (κ2) is 6.32. The molecule has 0 saturated carbocycles. The Bertz CT molecular complexity index is 369. The maximum atomic E-state index is 9.91. The van der Waals surface area contributed by atoms with E-state index >= 15 is 0 Å². The predicted octanol–water partition coefficient (Wildman–Crippen LogP) is 2.00. The fourth-order valence-electron chi connectivity index (χ4n) is 1.74. The van der Waals surface area contributed by atoms with E-state index in [4.69, 9.17) is 0 Å². The molecule has 2 N–H and O–H groups in total. The van der Waals surface area contributed by atoms with Gasteiger partial charge in [-0.05, 0) is 46.0 Å². The Balaban J connectivity index is 2.67. The normalized spacial score (nSPS) is 13.9. The first-order valence-electron chi connectivity index (χ1n) is 6.48. The minimum Gasteiger partial charge on any atom is -0.389 e. The predicted molar refractivity (Wildman–Crippen MR) is 76.4 cm³/mol. The van der Waals surface area contributed by atoms with Crippen LogP contribution < -0.4 is 5.32 Å². The topological polar surface area (TPSA) is 35.5 Å². The van der Waals surface area contributed by atoms with Gasteiger partial charge in [0.05, 0.1) is 5.60 Å². The molecular formula is C15H26N2O. The number of nitrogens with one attached hydrogen (secondary N) is 1. The van der Waals surface area contributed by atoms with Crippen molar-refractivity contribution in [1.82, 2.24) is 10.2 Å². The lowest BCUT2D eigenvalue weighted by Crippen LogP contribution is -2.44. The van der Waals surface area contributed by atoms with E-state index in [1.54, 1.807) is 0 Å². The quantitative estimate of drug-likeness (QED) is 0.810. The van der Waals surface area contributed by atoms with E-state index in [9.17, 15) is 5.11 Å². The SMILES string of the molecule is CC(NCc1ccccc1CN(C)C)C(C)(C)O. The number of hydrogen-bond acceptors (Lipinski definition) is 3. The summed E-state index contributed by atoms with van der Waals surface area (Å²) in [5.74, 6) is 0. The van der Waals surface area contributed by atoms with Gasteiger partial charge in [0.1, 0.15) is 0 Å². The standard InChI is InChI=1S/C15H26N2O/c1-12(15(2,3)18)16-10-13-8-6-7-9-14(13)11-17(4)5/h6-9,12,16,18H,10-11H2,1-5H3. The van der Waals surface area contributed by atoms with E-state index in [-0.39, 0.29) is 6.04 Å². The van der Waals surface area contributed by atoms with Crippen LogP contribution in [0.4, 0.5) is 0 Å². The molecule has 1 unspecified atom stereocenters. The van der Waals surface area contributed by atoms with Gasteiger partial charge in [-0.25, -0.2) is 0 Å². The highest BCUT2D eigenvalue weighted by Crippen LogP contribution is 2.13. The zero-order valence-electron chi connectivity index (χ0n) is 12.2. The molecule has 0 amide bonds. The summed E-state index contributed by atoms with van der Waals surface area (Å²) in [5, 5.41) is 13.3. The van der Waals surface area contributed by atoms with Crippen molar-refractivity contribution in [2.45, 2.75) is 45.5 Å². The monoisotopic (exact) mass is 250 g/mol. The van der Waals surface area contributed by atoms with Crippen LogP contribution >= 0.6 is 0 Å². The summed E-state index contributed by atoms with van der Waals surface area (Å²) in [6.07, 6.45) is 0. The lowest BCUT2D eigenvalue weighted by atomic mass is 10.00. The summed E-state index contributed by atoms with van der Waals surface area (Å²) < 4.78 is 0. The van der Waals surface area contributed by atoms with Crippen molar-refractivity contribution in [2.75, 3.05) is 14.1 Å². The Labute approximate surface area is 111 Å². The maximum Gasteiger partial charge on any atom is 0.0741 e. The molecule has 0 heterocycles. The molecule has 0 aliphatic carbocycles. The molecule has 0 fully saturated rings. The maximum absolute atomic E-state index is 9.91. The van der Waals surface area contributed by atoms with Crippen LogP contribution in [0.2, 0.25) is 0 Å². The first-order valence-corrected chi connectivity index (χ1v) is 6.48. The molecular weight excluding hydrogens is 224 g/mol. The highest BCUT2D eigenvalue weighted by atomic mass is 16.3. The van der Waals surface area contributed by atoms with Crippen LogP contribution in [0, 0.1) is 0 Å². The van der Waals surface area contributed by atoms with Gasteiger partial charge in [0.15, 0.2) is 0 Å². The fraction of sp³-hybridized carbons (Fsp3) is 0.600. The van der Waals surface area contributed by atoms with Gasteiger partial charge < -0.3 is 15.3 Å². The van der Waals surface area contributed by atoms with E-state index in [0.29, 0.717) is 0 Å². The van der Waals surface area contributed by atoms with Gasteiger partial charge in [-0.2, -0.15) is 0 Å². The smallest absolute Gasteiger partial charge is 0.0741 e. The van der Waals surface area contributed by atoms with Crippen molar-refractivity contribution in [1.29, 1.82) is 0 Å². The van der Waals surface area contributed by atoms with E-state index in [2.05, 4.69) is 48.6 Å². The lowest BCUT2D eigenvalue weighted by molar-refractivity contribution is 0.0437. The Morgan fingerprint density at radius 3 is 2.28 bits per heavy atom. The molecule has 0 radical (unpaired) electrons. The van der Waals surface area contributed by atoms with Crippen LogP contribution in [0.3, 0.4) is 0 Å². The van der Waals surface area contributed by atoms with E-state index in [0.717, 1.165) is 13.1 Å². The molecule has 102 valence electrons. The molecule has 1 aromatic carbocycles. The zero-order valence-corrected chi connectivity index (χ0v) is 12.2. The van der Waals surface area contributed by atoms with Crippen molar-refractivity contribution < 1.29 is 5.11 Å². The first-order chi connectivity index (χ1) is 8.30. The largest absolute Gasteiger partial charge is 0.389 e. The van der Waals surface area contributed by atoms with E-state index < -0.39 is 5.60 Å². The van der Waals surface area contributed by atoms with Crippen molar-refractivity contribution in [3.63, 3.8) is 0 Å². The summed E-state index contributed by atoms with van der Waals surface area (Å²) in [6.45, 7) is 7.39. The number of rotatable bonds is 6. The molecule has 0 aromatic heterocycles. The second-order valence-corrected chi connectivity index (χ2v) is 5.76. The Morgan fingerprint density at radius 1 is 1.22 bits per heavy atom. The van der Waals surface area contributed by atoms with Crippen molar-refractivity contribution in [3.05, 3.63) is 35.4 Å². The van der Waals surface area contributed by atoms with Gasteiger partial charge in [-0.3, -0.25) is 0 Å². The zero-order chi connectivity index (χ0) is 13.8. The Hall–Kier alpha value is -0.900. The van der Waals surface area contributed by atoms with Crippen LogP contribution in [0.5, 0.6) is 0 Å². The Morgan fingerprint density at radius 2 is 1.78 bits per heavy atom. The second-order valence-electron chi connectivity index (χ2n) is 5.76. The molecule has 18 heavy (non-hydrogen) atoms. The summed E-state index contributed by atoms with van der Waals surface area (Å²) >= 11 is 0. The number of hydrogen-bond donors (Lipinski definition) is 2. The molecule has 0 spiro atoms. The number of aliphatic hydroxyl groups is 1. The molecule has 1 atom stereocenters. The minimum absolute atomic E-state index is 0.0601. The summed E-state index contributed by atoms with van der Waals surface area (Å²) in [7, 11) is 4.15. The molecule has 3 nitrogen and oxygen atoms in total. The summed E-state index contributed by atoms with van der Waals surface area (Å²) in [5.41, 5.74) is 1.93. The van der Waals surface area contributed by atoms with Crippen LogP contribution in [0.1, 0.15) is 31.9 Å².